The summed E-state index contributed by atoms with van der Waals surface area (Å²) in [7, 11) is 0.815. The molecule has 182 valence electrons. The quantitative estimate of drug-likeness (QED) is 0.132. The van der Waals surface area contributed by atoms with E-state index in [9.17, 15) is 0 Å². The summed E-state index contributed by atoms with van der Waals surface area (Å²) in [4.78, 5) is 2.81. The first-order chi connectivity index (χ1) is 17.0. The Morgan fingerprint density at radius 1 is 0.833 bits per heavy atom. The molecule has 0 saturated carbocycles. The van der Waals surface area contributed by atoms with Gasteiger partial charge in [0.1, 0.15) is 7.05 Å². The van der Waals surface area contributed by atoms with Gasteiger partial charge in [0.25, 0.3) is 0 Å². The topological polar surface area (TPSA) is 3.88 Å². The van der Waals surface area contributed by atoms with Gasteiger partial charge in [-0.05, 0) is 70.5 Å². The Bertz CT molecular complexity index is 1720. The molecule has 0 spiro atoms. The lowest BCUT2D eigenvalue weighted by molar-refractivity contribution is -0.659. The van der Waals surface area contributed by atoms with Gasteiger partial charge in [0, 0.05) is 21.2 Å². The fraction of sp³-hybridized carbons (Fsp3) is 0.303. The molecular formula is C33H36NSSi+. The summed E-state index contributed by atoms with van der Waals surface area (Å²) in [6.45, 7) is 16.6. The number of rotatable bonds is 3. The van der Waals surface area contributed by atoms with Gasteiger partial charge in [-0.1, -0.05) is 86.8 Å². The first-order valence-corrected chi connectivity index (χ1v) is 17.5. The Hall–Kier alpha value is -2.62. The highest BCUT2D eigenvalue weighted by molar-refractivity contribution is 8.00. The Morgan fingerprint density at radius 2 is 1.61 bits per heavy atom. The molecule has 0 fully saturated rings. The lowest BCUT2D eigenvalue weighted by Crippen LogP contribution is -2.37. The number of hydrogen-bond donors (Lipinski definition) is 0. The summed E-state index contributed by atoms with van der Waals surface area (Å²) >= 11 is 1.97. The van der Waals surface area contributed by atoms with Crippen LogP contribution in [0.25, 0.3) is 43.6 Å². The van der Waals surface area contributed by atoms with Gasteiger partial charge in [-0.25, -0.2) is 4.57 Å². The van der Waals surface area contributed by atoms with Crippen molar-refractivity contribution in [2.24, 2.45) is 13.0 Å². The predicted molar refractivity (Wildman–Crippen MR) is 161 cm³/mol. The molecule has 36 heavy (non-hydrogen) atoms. The van der Waals surface area contributed by atoms with Gasteiger partial charge in [0.15, 0.2) is 6.20 Å². The van der Waals surface area contributed by atoms with Crippen molar-refractivity contribution in [2.75, 3.05) is 0 Å². The van der Waals surface area contributed by atoms with Crippen LogP contribution in [0.3, 0.4) is 0 Å². The molecular weight excluding hydrogens is 471 g/mol. The van der Waals surface area contributed by atoms with Crippen LogP contribution in [0.5, 0.6) is 0 Å². The highest BCUT2D eigenvalue weighted by Gasteiger charge is 2.31. The van der Waals surface area contributed by atoms with Crippen LogP contribution >= 0.6 is 11.8 Å². The molecule has 0 aliphatic carbocycles. The highest BCUT2D eigenvalue weighted by atomic mass is 32.2. The maximum Gasteiger partial charge on any atom is 0.222 e. The van der Waals surface area contributed by atoms with E-state index in [-0.39, 0.29) is 0 Å². The van der Waals surface area contributed by atoms with Gasteiger partial charge in [-0.2, -0.15) is 0 Å². The molecule has 0 bridgehead atoms. The molecule has 0 radical (unpaired) electrons. The molecule has 5 aromatic rings. The highest BCUT2D eigenvalue weighted by Crippen LogP contribution is 2.52. The van der Waals surface area contributed by atoms with Crippen molar-refractivity contribution in [2.45, 2.75) is 63.5 Å². The smallest absolute Gasteiger partial charge is 0.200 e. The van der Waals surface area contributed by atoms with E-state index in [0.717, 1.165) is 6.42 Å². The summed E-state index contributed by atoms with van der Waals surface area (Å²) in [5.41, 5.74) is 7.05. The van der Waals surface area contributed by atoms with E-state index in [1.54, 1.807) is 0 Å². The number of pyridine rings is 1. The van der Waals surface area contributed by atoms with E-state index in [1.807, 2.05) is 11.8 Å². The fourth-order valence-electron chi connectivity index (χ4n) is 6.06. The first-order valence-electron chi connectivity index (χ1n) is 13.2. The minimum atomic E-state index is -1.40. The van der Waals surface area contributed by atoms with Crippen molar-refractivity contribution in [3.63, 3.8) is 0 Å². The van der Waals surface area contributed by atoms with Crippen molar-refractivity contribution in [3.8, 4) is 11.3 Å². The SMILES string of the molecule is Cc1c2c(c(C)c3cc(CC(C)C)ccc13)-c1c3c(cc4ccc([Si](C)(C)C)cc4c3cc[n+]1C)S2. The van der Waals surface area contributed by atoms with E-state index in [0.29, 0.717) is 5.92 Å². The Balaban J connectivity index is 1.72. The number of nitrogens with zero attached hydrogens (tertiary/aromatic N) is 1. The average molecular weight is 507 g/mol. The van der Waals surface area contributed by atoms with E-state index < -0.39 is 8.07 Å². The van der Waals surface area contributed by atoms with Gasteiger partial charge < -0.3 is 0 Å². The van der Waals surface area contributed by atoms with Crippen molar-refractivity contribution in [1.82, 2.24) is 0 Å². The molecule has 0 unspecified atom stereocenters. The van der Waals surface area contributed by atoms with E-state index in [4.69, 9.17) is 0 Å². The first kappa shape index (κ1) is 23.8. The summed E-state index contributed by atoms with van der Waals surface area (Å²) in [5.74, 6) is 0.657. The number of hydrogen-bond acceptors (Lipinski definition) is 1. The Labute approximate surface area is 220 Å². The van der Waals surface area contributed by atoms with Gasteiger partial charge in [-0.15, -0.1) is 0 Å². The minimum Gasteiger partial charge on any atom is -0.200 e. The third kappa shape index (κ3) is 3.54. The number of benzene rings is 4. The molecule has 0 amide bonds. The summed E-state index contributed by atoms with van der Waals surface area (Å²) in [6, 6.07) is 19.2. The van der Waals surface area contributed by atoms with Crippen LogP contribution in [0.15, 0.2) is 64.5 Å². The monoisotopic (exact) mass is 506 g/mol. The van der Waals surface area contributed by atoms with E-state index in [1.165, 1.54) is 75.2 Å². The van der Waals surface area contributed by atoms with Crippen LogP contribution < -0.4 is 9.75 Å². The molecule has 1 aliphatic heterocycles. The zero-order valence-corrected chi connectivity index (χ0v) is 24.7. The maximum absolute atomic E-state index is 2.49. The standard InChI is InChI=1S/C33H36NSSi/c1-19(2)15-22-9-12-25-21(4)33-30(20(3)27(25)16-22)32-31-26(13-14-34(32)5)28-18-24(36(6,7)8)11-10-23(28)17-29(31)35-33/h9-14,16-19H,15H2,1-8H3/q+1. The van der Waals surface area contributed by atoms with Crippen molar-refractivity contribution >= 4 is 57.3 Å². The Morgan fingerprint density at radius 3 is 2.33 bits per heavy atom. The molecule has 6 rings (SSSR count). The zero-order valence-electron chi connectivity index (χ0n) is 22.8. The van der Waals surface area contributed by atoms with Crippen LogP contribution in [0.2, 0.25) is 19.6 Å². The molecule has 0 atom stereocenters. The summed E-state index contributed by atoms with van der Waals surface area (Å²) in [6.07, 6.45) is 3.40. The molecule has 1 aliphatic rings. The lowest BCUT2D eigenvalue weighted by Gasteiger charge is -2.25. The summed E-state index contributed by atoms with van der Waals surface area (Å²) in [5, 5.41) is 9.88. The van der Waals surface area contributed by atoms with Crippen LogP contribution in [0.4, 0.5) is 0 Å². The third-order valence-corrected chi connectivity index (χ3v) is 11.3. The van der Waals surface area contributed by atoms with Crippen LogP contribution in [-0.4, -0.2) is 8.07 Å². The maximum atomic E-state index is 2.49. The molecule has 3 heteroatoms. The summed E-state index contributed by atoms with van der Waals surface area (Å²) < 4.78 is 2.36. The van der Waals surface area contributed by atoms with Crippen molar-refractivity contribution in [1.29, 1.82) is 0 Å². The second kappa shape index (κ2) is 8.19. The van der Waals surface area contributed by atoms with Gasteiger partial charge >= 0.3 is 0 Å². The number of fused-ring (bicyclic) bond motifs is 5. The molecule has 2 heterocycles. The second-order valence-corrected chi connectivity index (χ2v) is 18.3. The van der Waals surface area contributed by atoms with E-state index in [2.05, 4.69) is 114 Å². The normalized spacial score (nSPS) is 13.2. The van der Waals surface area contributed by atoms with Crippen LogP contribution in [-0.2, 0) is 13.5 Å². The molecule has 0 N–H and O–H groups in total. The molecule has 0 saturated heterocycles. The van der Waals surface area contributed by atoms with Gasteiger partial charge in [-0.3, -0.25) is 0 Å². The van der Waals surface area contributed by atoms with E-state index >= 15 is 0 Å². The molecule has 4 aromatic carbocycles. The minimum absolute atomic E-state index is 0.657. The fourth-order valence-corrected chi connectivity index (χ4v) is 8.55. The lowest BCUT2D eigenvalue weighted by atomic mass is 9.89. The van der Waals surface area contributed by atoms with Gasteiger partial charge in [0.05, 0.1) is 19.0 Å². The number of aromatic nitrogens is 1. The van der Waals surface area contributed by atoms with Crippen LogP contribution in [0, 0.1) is 19.8 Å². The van der Waals surface area contributed by atoms with Crippen molar-refractivity contribution in [3.05, 3.63) is 71.4 Å². The largest absolute Gasteiger partial charge is 0.222 e. The van der Waals surface area contributed by atoms with Crippen LogP contribution in [0.1, 0.15) is 30.5 Å². The third-order valence-electron chi connectivity index (χ3n) is 7.99. The predicted octanol–water partition coefficient (Wildman–Crippen LogP) is 8.46. The number of aryl methyl sites for hydroxylation is 3. The van der Waals surface area contributed by atoms with Crippen molar-refractivity contribution < 1.29 is 4.57 Å². The zero-order chi connectivity index (χ0) is 25.5. The molecule has 1 nitrogen and oxygen atoms in total. The molecule has 1 aromatic heterocycles. The Kier molecular flexibility index (Phi) is 5.41. The van der Waals surface area contributed by atoms with Gasteiger partial charge in [0.2, 0.25) is 5.69 Å². The second-order valence-electron chi connectivity index (χ2n) is 12.2. The average Bonchev–Trinajstić information content (AvgIpc) is 2.82.